The van der Waals surface area contributed by atoms with Crippen molar-refractivity contribution in [3.05, 3.63) is 65.4 Å². The Hall–Kier alpha value is -3.15. The molecule has 3 rings (SSSR count). The molecule has 0 radical (unpaired) electrons. The fourth-order valence-electron chi connectivity index (χ4n) is 2.76. The number of carbonyl (C=O) groups excluding carboxylic acids is 1. The average molecular weight is 378 g/mol. The highest BCUT2D eigenvalue weighted by atomic mass is 16.6. The zero-order valence-corrected chi connectivity index (χ0v) is 16.7. The monoisotopic (exact) mass is 378 g/mol. The van der Waals surface area contributed by atoms with E-state index in [9.17, 15) is 4.79 Å². The van der Waals surface area contributed by atoms with E-state index in [0.29, 0.717) is 19.0 Å². The number of carbonyl (C=O) groups is 1. The molecule has 0 aliphatic heterocycles. The van der Waals surface area contributed by atoms with Crippen LogP contribution in [0.3, 0.4) is 0 Å². The van der Waals surface area contributed by atoms with Crippen molar-refractivity contribution in [2.75, 3.05) is 5.32 Å². The van der Waals surface area contributed by atoms with Gasteiger partial charge in [0.15, 0.2) is 0 Å². The van der Waals surface area contributed by atoms with Crippen LogP contribution >= 0.6 is 0 Å². The summed E-state index contributed by atoms with van der Waals surface area (Å²) in [4.78, 5) is 20.8. The number of alkyl carbamates (subject to hydrolysis) is 1. The zero-order valence-electron chi connectivity index (χ0n) is 16.7. The van der Waals surface area contributed by atoms with E-state index < -0.39 is 11.7 Å². The summed E-state index contributed by atoms with van der Waals surface area (Å²) in [6.45, 7) is 8.56. The van der Waals surface area contributed by atoms with Crippen molar-refractivity contribution < 1.29 is 9.53 Å². The van der Waals surface area contributed by atoms with Gasteiger partial charge in [-0.1, -0.05) is 42.5 Å². The van der Waals surface area contributed by atoms with Gasteiger partial charge in [-0.05, 0) is 44.9 Å². The van der Waals surface area contributed by atoms with Crippen LogP contribution in [0.1, 0.15) is 37.6 Å². The number of hydrogen-bond acceptors (Lipinski definition) is 5. The number of anilines is 1. The van der Waals surface area contributed by atoms with E-state index in [1.807, 2.05) is 76.2 Å². The molecule has 0 unspecified atom stereocenters. The topological polar surface area (TPSA) is 76.1 Å². The van der Waals surface area contributed by atoms with Gasteiger partial charge in [0.25, 0.3) is 0 Å². The summed E-state index contributed by atoms with van der Waals surface area (Å²) in [7, 11) is 0. The van der Waals surface area contributed by atoms with E-state index in [-0.39, 0.29) is 0 Å². The summed E-state index contributed by atoms with van der Waals surface area (Å²) < 4.78 is 5.24. The lowest BCUT2D eigenvalue weighted by molar-refractivity contribution is 0.0523. The summed E-state index contributed by atoms with van der Waals surface area (Å²) in [5.74, 6) is 0.617. The molecule has 146 valence electrons. The van der Waals surface area contributed by atoms with Crippen molar-refractivity contribution in [1.82, 2.24) is 15.3 Å². The van der Waals surface area contributed by atoms with Crippen molar-refractivity contribution in [2.45, 2.75) is 46.4 Å². The van der Waals surface area contributed by atoms with Crippen molar-refractivity contribution >= 4 is 22.9 Å². The number of nitrogens with one attached hydrogen (secondary N) is 2. The molecule has 0 spiro atoms. The number of fused-ring (bicyclic) bond motifs is 1. The Bertz CT molecular complexity index is 962. The standard InChI is InChI=1S/C22H26N4O2/c1-15-18-7-5-6-8-19(18)26-20(25-15)23-13-16-9-11-17(12-10-16)14-24-21(27)28-22(2,3)4/h5-12H,13-14H2,1-4H3,(H,24,27)(H,23,25,26). The van der Waals surface area contributed by atoms with E-state index in [2.05, 4.69) is 20.6 Å². The first kappa shape index (κ1) is 19.6. The minimum atomic E-state index is -0.497. The van der Waals surface area contributed by atoms with Gasteiger partial charge in [0.2, 0.25) is 5.95 Å². The Morgan fingerprint density at radius 1 is 0.964 bits per heavy atom. The van der Waals surface area contributed by atoms with Gasteiger partial charge in [-0.2, -0.15) is 0 Å². The van der Waals surface area contributed by atoms with Crippen molar-refractivity contribution in [3.63, 3.8) is 0 Å². The van der Waals surface area contributed by atoms with E-state index >= 15 is 0 Å². The van der Waals surface area contributed by atoms with Gasteiger partial charge in [-0.25, -0.2) is 14.8 Å². The highest BCUT2D eigenvalue weighted by Gasteiger charge is 2.15. The van der Waals surface area contributed by atoms with Gasteiger partial charge >= 0.3 is 6.09 Å². The van der Waals surface area contributed by atoms with Crippen molar-refractivity contribution in [3.8, 4) is 0 Å². The second-order valence-electron chi connectivity index (χ2n) is 7.68. The Kier molecular flexibility index (Phi) is 5.78. The smallest absolute Gasteiger partial charge is 0.407 e. The predicted molar refractivity (Wildman–Crippen MR) is 111 cm³/mol. The summed E-state index contributed by atoms with van der Waals surface area (Å²) in [5.41, 5.74) is 3.50. The van der Waals surface area contributed by atoms with Crippen LogP contribution in [0.2, 0.25) is 0 Å². The lowest BCUT2D eigenvalue weighted by Gasteiger charge is -2.19. The molecule has 6 heteroatoms. The third-order valence-corrected chi connectivity index (χ3v) is 4.10. The van der Waals surface area contributed by atoms with Gasteiger partial charge < -0.3 is 15.4 Å². The van der Waals surface area contributed by atoms with Crippen LogP contribution < -0.4 is 10.6 Å². The van der Waals surface area contributed by atoms with Crippen LogP contribution in [0, 0.1) is 6.92 Å². The SMILES string of the molecule is Cc1nc(NCc2ccc(CNC(=O)OC(C)(C)C)cc2)nc2ccccc12. The lowest BCUT2D eigenvalue weighted by atomic mass is 10.1. The first-order valence-electron chi connectivity index (χ1n) is 9.32. The van der Waals surface area contributed by atoms with Gasteiger partial charge in [0.05, 0.1) is 11.2 Å². The van der Waals surface area contributed by atoms with E-state index in [0.717, 1.165) is 27.7 Å². The first-order chi connectivity index (χ1) is 13.3. The van der Waals surface area contributed by atoms with Gasteiger partial charge in [-0.3, -0.25) is 0 Å². The fraction of sp³-hybridized carbons (Fsp3) is 0.318. The lowest BCUT2D eigenvalue weighted by Crippen LogP contribution is -2.32. The number of benzene rings is 2. The molecule has 0 saturated heterocycles. The largest absolute Gasteiger partial charge is 0.444 e. The van der Waals surface area contributed by atoms with Crippen molar-refractivity contribution in [2.24, 2.45) is 0 Å². The number of nitrogens with zero attached hydrogens (tertiary/aromatic N) is 2. The number of rotatable bonds is 5. The zero-order chi connectivity index (χ0) is 20.1. The Morgan fingerprint density at radius 3 is 2.29 bits per heavy atom. The first-order valence-corrected chi connectivity index (χ1v) is 9.32. The maximum atomic E-state index is 11.7. The van der Waals surface area contributed by atoms with E-state index in [4.69, 9.17) is 4.74 Å². The molecule has 3 aromatic rings. The molecule has 0 bridgehead atoms. The quantitative estimate of drug-likeness (QED) is 0.680. The number of hydrogen-bond donors (Lipinski definition) is 2. The maximum Gasteiger partial charge on any atom is 0.407 e. The maximum absolute atomic E-state index is 11.7. The highest BCUT2D eigenvalue weighted by molar-refractivity contribution is 5.81. The molecule has 1 aromatic heterocycles. The second kappa shape index (κ2) is 8.25. The summed E-state index contributed by atoms with van der Waals surface area (Å²) >= 11 is 0. The molecule has 1 heterocycles. The van der Waals surface area contributed by atoms with Crippen molar-refractivity contribution in [1.29, 1.82) is 0 Å². The Morgan fingerprint density at radius 2 is 1.61 bits per heavy atom. The van der Waals surface area contributed by atoms with Crippen LogP contribution in [-0.2, 0) is 17.8 Å². The molecule has 2 N–H and O–H groups in total. The number of aromatic nitrogens is 2. The summed E-state index contributed by atoms with van der Waals surface area (Å²) in [5, 5.41) is 7.10. The molecule has 28 heavy (non-hydrogen) atoms. The van der Waals surface area contributed by atoms with E-state index in [1.165, 1.54) is 0 Å². The molecule has 6 nitrogen and oxygen atoms in total. The van der Waals surface area contributed by atoms with Crippen LogP contribution in [0.5, 0.6) is 0 Å². The fourth-order valence-corrected chi connectivity index (χ4v) is 2.76. The van der Waals surface area contributed by atoms with Gasteiger partial charge in [0.1, 0.15) is 5.60 Å². The Labute approximate surface area is 165 Å². The van der Waals surface area contributed by atoms with Crippen LogP contribution in [-0.4, -0.2) is 21.7 Å². The molecular weight excluding hydrogens is 352 g/mol. The van der Waals surface area contributed by atoms with Crippen LogP contribution in [0.4, 0.5) is 10.7 Å². The predicted octanol–water partition coefficient (Wildman–Crippen LogP) is 4.58. The van der Waals surface area contributed by atoms with E-state index in [1.54, 1.807) is 0 Å². The van der Waals surface area contributed by atoms with Gasteiger partial charge in [-0.15, -0.1) is 0 Å². The third kappa shape index (κ3) is 5.42. The molecular formula is C22H26N4O2. The average Bonchev–Trinajstić information content (AvgIpc) is 2.64. The third-order valence-electron chi connectivity index (χ3n) is 4.10. The highest BCUT2D eigenvalue weighted by Crippen LogP contribution is 2.17. The number of amides is 1. The molecule has 2 aromatic carbocycles. The number of aryl methyl sites for hydroxylation is 1. The molecule has 1 amide bonds. The number of ether oxygens (including phenoxy) is 1. The molecule has 0 aliphatic rings. The summed E-state index contributed by atoms with van der Waals surface area (Å²) in [6, 6.07) is 16.0. The molecule has 0 fully saturated rings. The molecule has 0 aliphatic carbocycles. The Balaban J connectivity index is 1.55. The van der Waals surface area contributed by atoms with Crippen LogP contribution in [0.15, 0.2) is 48.5 Å². The molecule has 0 atom stereocenters. The molecule has 0 saturated carbocycles. The van der Waals surface area contributed by atoms with Gasteiger partial charge in [0, 0.05) is 18.5 Å². The van der Waals surface area contributed by atoms with Crippen LogP contribution in [0.25, 0.3) is 10.9 Å². The number of para-hydroxylation sites is 1. The minimum Gasteiger partial charge on any atom is -0.444 e. The normalized spacial score (nSPS) is 11.3. The minimum absolute atomic E-state index is 0.415. The summed E-state index contributed by atoms with van der Waals surface area (Å²) in [6.07, 6.45) is -0.415. The second-order valence-corrected chi connectivity index (χ2v) is 7.68.